The maximum Gasteiger partial charge on any atom is 0.251 e. The number of nitrogens with one attached hydrogen (secondary N) is 1. The number of amides is 1. The molecule has 1 heterocycles. The van der Waals surface area contributed by atoms with Gasteiger partial charge in [-0.05, 0) is 24.3 Å². The predicted molar refractivity (Wildman–Crippen MR) is 86.9 cm³/mol. The highest BCUT2D eigenvalue weighted by molar-refractivity contribution is 7.89. The van der Waals surface area contributed by atoms with Gasteiger partial charge in [-0.25, -0.2) is 12.7 Å². The lowest BCUT2D eigenvalue weighted by Gasteiger charge is -2.26. The van der Waals surface area contributed by atoms with Crippen molar-refractivity contribution in [3.05, 3.63) is 29.8 Å². The molecule has 0 spiro atoms. The molecule has 0 unspecified atom stereocenters. The molecule has 0 aliphatic carbocycles. The van der Waals surface area contributed by atoms with E-state index in [9.17, 15) is 13.2 Å². The Morgan fingerprint density at radius 1 is 1.22 bits per heavy atom. The van der Waals surface area contributed by atoms with Crippen LogP contribution in [0.3, 0.4) is 0 Å². The zero-order chi connectivity index (χ0) is 16.9. The topological polar surface area (TPSA) is 79.0 Å². The molecule has 0 radical (unpaired) electrons. The molecule has 0 atom stereocenters. The van der Waals surface area contributed by atoms with Gasteiger partial charge in [-0.15, -0.1) is 0 Å². The van der Waals surface area contributed by atoms with Gasteiger partial charge in [0.05, 0.1) is 18.1 Å². The molecule has 7 nitrogen and oxygen atoms in total. The standard InChI is InChI=1S/C15H23N3O4S/c1-17(2)23(20,21)14-5-3-13(4-6-14)15(19)16-7-8-18-9-11-22-12-10-18/h3-6H,7-12H2,1-2H3,(H,16,19). The van der Waals surface area contributed by atoms with Gasteiger partial charge in [-0.1, -0.05) is 0 Å². The van der Waals surface area contributed by atoms with Crippen LogP contribution in [0.1, 0.15) is 10.4 Å². The molecule has 0 aromatic heterocycles. The number of nitrogens with zero attached hydrogens (tertiary/aromatic N) is 2. The molecular formula is C15H23N3O4S. The summed E-state index contributed by atoms with van der Waals surface area (Å²) in [7, 11) is -0.520. The molecule has 1 N–H and O–H groups in total. The molecule has 1 fully saturated rings. The van der Waals surface area contributed by atoms with Crippen LogP contribution < -0.4 is 5.32 Å². The van der Waals surface area contributed by atoms with Gasteiger partial charge in [0.25, 0.3) is 5.91 Å². The third-order valence-electron chi connectivity index (χ3n) is 3.71. The van der Waals surface area contributed by atoms with E-state index in [0.29, 0.717) is 12.1 Å². The van der Waals surface area contributed by atoms with E-state index in [2.05, 4.69) is 10.2 Å². The van der Waals surface area contributed by atoms with E-state index in [1.807, 2.05) is 0 Å². The first kappa shape index (κ1) is 17.9. The Hall–Kier alpha value is -1.48. The first-order valence-corrected chi connectivity index (χ1v) is 8.96. The molecule has 2 rings (SSSR count). The lowest BCUT2D eigenvalue weighted by molar-refractivity contribution is 0.0383. The summed E-state index contributed by atoms with van der Waals surface area (Å²) >= 11 is 0. The molecule has 1 amide bonds. The molecule has 0 saturated carbocycles. The molecule has 128 valence electrons. The maximum atomic E-state index is 12.1. The summed E-state index contributed by atoms with van der Waals surface area (Å²) in [6, 6.07) is 5.96. The zero-order valence-corrected chi connectivity index (χ0v) is 14.3. The number of benzene rings is 1. The second-order valence-electron chi connectivity index (χ2n) is 5.52. The Morgan fingerprint density at radius 2 is 1.83 bits per heavy atom. The fourth-order valence-electron chi connectivity index (χ4n) is 2.24. The van der Waals surface area contributed by atoms with E-state index in [1.54, 1.807) is 0 Å². The van der Waals surface area contributed by atoms with Crippen molar-refractivity contribution in [1.82, 2.24) is 14.5 Å². The van der Waals surface area contributed by atoms with Crippen LogP contribution >= 0.6 is 0 Å². The van der Waals surface area contributed by atoms with Crippen molar-refractivity contribution in [1.29, 1.82) is 0 Å². The highest BCUT2D eigenvalue weighted by atomic mass is 32.2. The summed E-state index contributed by atoms with van der Waals surface area (Å²) < 4.78 is 30.4. The molecule has 1 aliphatic heterocycles. The Balaban J connectivity index is 1.87. The summed E-state index contributed by atoms with van der Waals surface area (Å²) in [5.41, 5.74) is 0.449. The first-order valence-electron chi connectivity index (χ1n) is 7.52. The number of carbonyl (C=O) groups is 1. The van der Waals surface area contributed by atoms with E-state index in [4.69, 9.17) is 4.74 Å². The minimum Gasteiger partial charge on any atom is -0.379 e. The van der Waals surface area contributed by atoms with E-state index >= 15 is 0 Å². The number of ether oxygens (including phenoxy) is 1. The van der Waals surface area contributed by atoms with Crippen molar-refractivity contribution in [2.75, 3.05) is 53.5 Å². The van der Waals surface area contributed by atoms with Crippen LogP contribution in [0.4, 0.5) is 0 Å². The van der Waals surface area contributed by atoms with E-state index < -0.39 is 10.0 Å². The number of hydrogen-bond acceptors (Lipinski definition) is 5. The summed E-state index contributed by atoms with van der Waals surface area (Å²) in [5.74, 6) is -0.202. The Morgan fingerprint density at radius 3 is 2.39 bits per heavy atom. The fraction of sp³-hybridized carbons (Fsp3) is 0.533. The molecule has 1 aromatic carbocycles. The average molecular weight is 341 g/mol. The van der Waals surface area contributed by atoms with E-state index in [0.717, 1.165) is 37.2 Å². The summed E-state index contributed by atoms with van der Waals surface area (Å²) in [6.07, 6.45) is 0. The third kappa shape index (κ3) is 4.74. The highest BCUT2D eigenvalue weighted by Crippen LogP contribution is 2.13. The van der Waals surface area contributed by atoms with Crippen molar-refractivity contribution in [2.45, 2.75) is 4.90 Å². The normalized spacial score (nSPS) is 16.5. The molecule has 1 saturated heterocycles. The summed E-state index contributed by atoms with van der Waals surface area (Å²) in [4.78, 5) is 14.5. The van der Waals surface area contributed by atoms with Crippen LogP contribution in [0.25, 0.3) is 0 Å². The number of hydrogen-bond donors (Lipinski definition) is 1. The van der Waals surface area contributed by atoms with Crippen molar-refractivity contribution < 1.29 is 17.9 Å². The number of rotatable bonds is 6. The second kappa shape index (κ2) is 7.87. The van der Waals surface area contributed by atoms with Crippen LogP contribution in [-0.2, 0) is 14.8 Å². The van der Waals surface area contributed by atoms with Gasteiger partial charge in [0.2, 0.25) is 10.0 Å². The van der Waals surface area contributed by atoms with Crippen molar-refractivity contribution >= 4 is 15.9 Å². The third-order valence-corrected chi connectivity index (χ3v) is 5.54. The smallest absolute Gasteiger partial charge is 0.251 e. The fourth-order valence-corrected chi connectivity index (χ4v) is 3.15. The Kier molecular flexibility index (Phi) is 6.11. The number of carbonyl (C=O) groups excluding carboxylic acids is 1. The molecule has 23 heavy (non-hydrogen) atoms. The lowest BCUT2D eigenvalue weighted by atomic mass is 10.2. The quantitative estimate of drug-likeness (QED) is 0.788. The van der Waals surface area contributed by atoms with Crippen LogP contribution in [-0.4, -0.2) is 77.0 Å². The van der Waals surface area contributed by atoms with E-state index in [1.165, 1.54) is 38.4 Å². The van der Waals surface area contributed by atoms with Crippen LogP contribution in [0.15, 0.2) is 29.2 Å². The van der Waals surface area contributed by atoms with Gasteiger partial charge < -0.3 is 10.1 Å². The minimum atomic E-state index is -3.47. The molecule has 0 bridgehead atoms. The van der Waals surface area contributed by atoms with Gasteiger partial charge in [0.15, 0.2) is 0 Å². The molecule has 1 aliphatic rings. The van der Waals surface area contributed by atoms with Crippen LogP contribution in [0, 0.1) is 0 Å². The molecular weight excluding hydrogens is 318 g/mol. The average Bonchev–Trinajstić information content (AvgIpc) is 2.55. The lowest BCUT2D eigenvalue weighted by Crippen LogP contribution is -2.41. The monoisotopic (exact) mass is 341 g/mol. The molecule has 1 aromatic rings. The Labute approximate surface area is 137 Å². The van der Waals surface area contributed by atoms with Crippen molar-refractivity contribution in [3.8, 4) is 0 Å². The second-order valence-corrected chi connectivity index (χ2v) is 7.67. The zero-order valence-electron chi connectivity index (χ0n) is 13.5. The van der Waals surface area contributed by atoms with Gasteiger partial charge in [-0.3, -0.25) is 9.69 Å². The van der Waals surface area contributed by atoms with Gasteiger partial charge >= 0.3 is 0 Å². The highest BCUT2D eigenvalue weighted by Gasteiger charge is 2.17. The first-order chi connectivity index (χ1) is 10.9. The largest absolute Gasteiger partial charge is 0.379 e. The summed E-state index contributed by atoms with van der Waals surface area (Å²) in [6.45, 7) is 4.56. The molecule has 8 heteroatoms. The predicted octanol–water partition coefficient (Wildman–Crippen LogP) is -0.00110. The number of morpholine rings is 1. The van der Waals surface area contributed by atoms with Gasteiger partial charge in [0.1, 0.15) is 0 Å². The maximum absolute atomic E-state index is 12.1. The number of sulfonamides is 1. The van der Waals surface area contributed by atoms with Crippen LogP contribution in [0.5, 0.6) is 0 Å². The minimum absolute atomic E-state index is 0.173. The van der Waals surface area contributed by atoms with Gasteiger partial charge in [-0.2, -0.15) is 0 Å². The van der Waals surface area contributed by atoms with Crippen molar-refractivity contribution in [2.24, 2.45) is 0 Å². The van der Waals surface area contributed by atoms with Crippen molar-refractivity contribution in [3.63, 3.8) is 0 Å². The SMILES string of the molecule is CN(C)S(=O)(=O)c1ccc(C(=O)NCCN2CCOCC2)cc1. The van der Waals surface area contributed by atoms with Gasteiger partial charge in [0, 0.05) is 45.8 Å². The summed E-state index contributed by atoms with van der Waals surface area (Å²) in [5, 5.41) is 2.85. The Bertz CT molecular complexity index is 623. The van der Waals surface area contributed by atoms with Crippen LogP contribution in [0.2, 0.25) is 0 Å². The van der Waals surface area contributed by atoms with E-state index in [-0.39, 0.29) is 10.8 Å².